The highest BCUT2D eigenvalue weighted by molar-refractivity contribution is 5.52. The topological polar surface area (TPSA) is 0 Å². The molecule has 0 heterocycles. The second kappa shape index (κ2) is 3.63. The molecule has 0 spiro atoms. The van der Waals surface area contributed by atoms with Crippen LogP contribution in [0.4, 0.5) is 0 Å². The fourth-order valence-electron chi connectivity index (χ4n) is 0.822. The van der Waals surface area contributed by atoms with Crippen molar-refractivity contribution in [2.45, 2.75) is 6.92 Å². The van der Waals surface area contributed by atoms with Crippen molar-refractivity contribution >= 4 is 6.08 Å². The molecule has 0 radical (unpaired) electrons. The van der Waals surface area contributed by atoms with Crippen molar-refractivity contribution in [2.75, 3.05) is 0 Å². The molecule has 0 bridgehead atoms. The van der Waals surface area contributed by atoms with Crippen molar-refractivity contribution in [3.8, 4) is 12.3 Å². The van der Waals surface area contributed by atoms with Crippen molar-refractivity contribution in [3.63, 3.8) is 0 Å². The molecule has 54 valence electrons. The molecule has 0 aliphatic carbocycles. The molecular formula is C11H10. The minimum atomic E-state index is 1.15. The number of terminal acetylenes is 1. The predicted octanol–water partition coefficient (Wildman–Crippen LogP) is 2.64. The Bertz CT molecular complexity index is 283. The third-order valence-corrected chi connectivity index (χ3v) is 1.45. The van der Waals surface area contributed by atoms with Crippen LogP contribution >= 0.6 is 0 Å². The van der Waals surface area contributed by atoms with Gasteiger partial charge in [0.15, 0.2) is 0 Å². The zero-order chi connectivity index (χ0) is 8.10. The molecule has 0 aliphatic heterocycles. The van der Waals surface area contributed by atoms with E-state index >= 15 is 0 Å². The average molecular weight is 142 g/mol. The third kappa shape index (κ3) is 2.31. The van der Waals surface area contributed by atoms with E-state index in [0.29, 0.717) is 0 Å². The number of allylic oxidation sites excluding steroid dienone is 1. The van der Waals surface area contributed by atoms with Crippen LogP contribution in [0.25, 0.3) is 6.08 Å². The molecule has 0 aliphatic rings. The summed E-state index contributed by atoms with van der Waals surface area (Å²) in [6, 6.07) is 8.22. The van der Waals surface area contributed by atoms with Gasteiger partial charge < -0.3 is 0 Å². The summed E-state index contributed by atoms with van der Waals surface area (Å²) < 4.78 is 0. The van der Waals surface area contributed by atoms with Gasteiger partial charge in [0, 0.05) is 0 Å². The summed E-state index contributed by atoms with van der Waals surface area (Å²) >= 11 is 0. The van der Waals surface area contributed by atoms with E-state index in [4.69, 9.17) is 6.42 Å². The zero-order valence-electron chi connectivity index (χ0n) is 6.54. The Morgan fingerprint density at radius 2 is 1.91 bits per heavy atom. The first kappa shape index (κ1) is 7.63. The second-order valence-corrected chi connectivity index (χ2v) is 2.41. The lowest BCUT2D eigenvalue weighted by atomic mass is 10.1. The van der Waals surface area contributed by atoms with E-state index < -0.39 is 0 Å². The molecule has 0 amide bonds. The summed E-state index contributed by atoms with van der Waals surface area (Å²) in [6.45, 7) is 2.06. The van der Waals surface area contributed by atoms with E-state index in [1.807, 2.05) is 18.2 Å². The molecule has 0 heteroatoms. The number of benzene rings is 1. The van der Waals surface area contributed by atoms with Gasteiger partial charge in [-0.25, -0.2) is 0 Å². The maximum absolute atomic E-state index is 5.07. The summed E-state index contributed by atoms with van der Waals surface area (Å²) in [6.07, 6.45) is 8.68. The van der Waals surface area contributed by atoms with E-state index in [0.717, 1.165) is 5.56 Å². The first-order chi connectivity index (χ1) is 5.33. The van der Waals surface area contributed by atoms with Gasteiger partial charge >= 0.3 is 0 Å². The Morgan fingerprint density at radius 3 is 2.45 bits per heavy atom. The summed E-state index contributed by atoms with van der Waals surface area (Å²) in [4.78, 5) is 0. The van der Waals surface area contributed by atoms with Gasteiger partial charge in [0.1, 0.15) is 0 Å². The molecule has 0 saturated heterocycles. The zero-order valence-corrected chi connectivity index (χ0v) is 6.54. The van der Waals surface area contributed by atoms with E-state index in [9.17, 15) is 0 Å². The molecule has 1 rings (SSSR count). The maximum atomic E-state index is 5.07. The van der Waals surface area contributed by atoms with Crippen LogP contribution in [-0.4, -0.2) is 0 Å². The largest absolute Gasteiger partial charge is 0.115 e. The van der Waals surface area contributed by atoms with Gasteiger partial charge in [-0.15, -0.1) is 6.42 Å². The standard InChI is InChI=1S/C11H10/c1-3-4-5-11-8-6-10(2)7-9-11/h1,4-9H,2H3/b5-4+. The highest BCUT2D eigenvalue weighted by atomic mass is 13.9. The van der Waals surface area contributed by atoms with Crippen LogP contribution in [0.3, 0.4) is 0 Å². The molecule has 0 saturated carbocycles. The Hall–Kier alpha value is -1.48. The van der Waals surface area contributed by atoms with Crippen molar-refractivity contribution in [2.24, 2.45) is 0 Å². The Kier molecular flexibility index (Phi) is 2.52. The fraction of sp³-hybridized carbons (Fsp3) is 0.0909. The van der Waals surface area contributed by atoms with Gasteiger partial charge in [0.2, 0.25) is 0 Å². The monoisotopic (exact) mass is 142 g/mol. The normalized spacial score (nSPS) is 9.82. The van der Waals surface area contributed by atoms with Gasteiger partial charge in [-0.05, 0) is 24.6 Å². The average Bonchev–Trinajstić information content (AvgIpc) is 2.04. The molecule has 0 unspecified atom stereocenters. The molecular weight excluding hydrogens is 132 g/mol. The molecule has 1 aromatic rings. The molecule has 0 atom stereocenters. The Morgan fingerprint density at radius 1 is 1.27 bits per heavy atom. The quantitative estimate of drug-likeness (QED) is 0.529. The lowest BCUT2D eigenvalue weighted by Crippen LogP contribution is -1.72. The van der Waals surface area contributed by atoms with Crippen LogP contribution < -0.4 is 0 Å². The van der Waals surface area contributed by atoms with Crippen LogP contribution in [0.2, 0.25) is 0 Å². The molecule has 0 nitrogen and oxygen atoms in total. The van der Waals surface area contributed by atoms with Crippen molar-refractivity contribution < 1.29 is 0 Å². The minimum Gasteiger partial charge on any atom is -0.115 e. The van der Waals surface area contributed by atoms with Gasteiger partial charge in [0.05, 0.1) is 0 Å². The molecule has 0 fully saturated rings. The van der Waals surface area contributed by atoms with Crippen LogP contribution in [0.5, 0.6) is 0 Å². The molecule has 0 aromatic heterocycles. The van der Waals surface area contributed by atoms with Gasteiger partial charge in [-0.1, -0.05) is 35.7 Å². The highest BCUT2D eigenvalue weighted by Crippen LogP contribution is 2.04. The minimum absolute atomic E-state index is 1.15. The van der Waals surface area contributed by atoms with Crippen molar-refractivity contribution in [1.29, 1.82) is 0 Å². The second-order valence-electron chi connectivity index (χ2n) is 2.41. The Balaban J connectivity index is 2.84. The number of hydrogen-bond acceptors (Lipinski definition) is 0. The summed E-state index contributed by atoms with van der Waals surface area (Å²) in [5.74, 6) is 2.45. The molecule has 1 aromatic carbocycles. The van der Waals surface area contributed by atoms with E-state index in [1.54, 1.807) is 6.08 Å². The molecule has 0 N–H and O–H groups in total. The van der Waals surface area contributed by atoms with E-state index in [2.05, 4.69) is 25.0 Å². The van der Waals surface area contributed by atoms with Crippen molar-refractivity contribution in [3.05, 3.63) is 41.5 Å². The van der Waals surface area contributed by atoms with Crippen LogP contribution in [0.15, 0.2) is 30.3 Å². The van der Waals surface area contributed by atoms with Gasteiger partial charge in [-0.3, -0.25) is 0 Å². The van der Waals surface area contributed by atoms with Crippen LogP contribution in [0.1, 0.15) is 11.1 Å². The highest BCUT2D eigenvalue weighted by Gasteiger charge is 1.83. The fourth-order valence-corrected chi connectivity index (χ4v) is 0.822. The Labute approximate surface area is 67.6 Å². The number of rotatable bonds is 1. The summed E-state index contributed by atoms with van der Waals surface area (Å²) in [5.41, 5.74) is 2.41. The van der Waals surface area contributed by atoms with E-state index in [-0.39, 0.29) is 0 Å². The maximum Gasteiger partial charge on any atom is -0.0116 e. The number of aryl methyl sites for hydroxylation is 1. The van der Waals surface area contributed by atoms with E-state index in [1.165, 1.54) is 5.56 Å². The first-order valence-corrected chi connectivity index (χ1v) is 3.52. The third-order valence-electron chi connectivity index (χ3n) is 1.45. The number of hydrogen-bond donors (Lipinski definition) is 0. The molecule has 11 heavy (non-hydrogen) atoms. The van der Waals surface area contributed by atoms with Crippen LogP contribution in [-0.2, 0) is 0 Å². The lowest BCUT2D eigenvalue weighted by Gasteiger charge is -1.92. The van der Waals surface area contributed by atoms with Gasteiger partial charge in [-0.2, -0.15) is 0 Å². The van der Waals surface area contributed by atoms with Gasteiger partial charge in [0.25, 0.3) is 0 Å². The summed E-state index contributed by atoms with van der Waals surface area (Å²) in [7, 11) is 0. The smallest absolute Gasteiger partial charge is 0.0116 e. The predicted molar refractivity (Wildman–Crippen MR) is 49.0 cm³/mol. The lowest BCUT2D eigenvalue weighted by molar-refractivity contribution is 1.46. The SMILES string of the molecule is C#C/C=C/c1ccc(C)cc1. The van der Waals surface area contributed by atoms with Crippen LogP contribution in [0, 0.1) is 19.3 Å². The summed E-state index contributed by atoms with van der Waals surface area (Å²) in [5, 5.41) is 0. The first-order valence-electron chi connectivity index (χ1n) is 3.52. The van der Waals surface area contributed by atoms with Crippen molar-refractivity contribution in [1.82, 2.24) is 0 Å².